The zero-order valence-electron chi connectivity index (χ0n) is 10.8. The highest BCUT2D eigenvalue weighted by Crippen LogP contribution is 2.17. The van der Waals surface area contributed by atoms with E-state index in [4.69, 9.17) is 5.11 Å². The fourth-order valence-electron chi connectivity index (χ4n) is 1.89. The lowest BCUT2D eigenvalue weighted by Gasteiger charge is -2.05. The molecule has 0 atom stereocenters. The summed E-state index contributed by atoms with van der Waals surface area (Å²) in [6.07, 6.45) is 6.00. The Kier molecular flexibility index (Phi) is 4.27. The van der Waals surface area contributed by atoms with Crippen molar-refractivity contribution in [2.24, 2.45) is 7.05 Å². The van der Waals surface area contributed by atoms with Crippen LogP contribution in [0.2, 0.25) is 0 Å². The SMILES string of the molecule is Cn1ncc2c(NCCCCCC(=O)O)ncnc21. The van der Waals surface area contributed by atoms with E-state index in [-0.39, 0.29) is 6.42 Å². The zero-order valence-corrected chi connectivity index (χ0v) is 10.8. The van der Waals surface area contributed by atoms with E-state index < -0.39 is 5.97 Å². The minimum atomic E-state index is -0.735. The van der Waals surface area contributed by atoms with Crippen molar-refractivity contribution < 1.29 is 9.90 Å². The van der Waals surface area contributed by atoms with E-state index in [9.17, 15) is 4.79 Å². The molecule has 102 valence electrons. The molecule has 2 rings (SSSR count). The third kappa shape index (κ3) is 3.40. The molecular weight excluding hydrogens is 246 g/mol. The van der Waals surface area contributed by atoms with Crippen molar-refractivity contribution in [3.8, 4) is 0 Å². The van der Waals surface area contributed by atoms with Crippen LogP contribution in [0.25, 0.3) is 11.0 Å². The van der Waals surface area contributed by atoms with Gasteiger partial charge in [-0.15, -0.1) is 0 Å². The van der Waals surface area contributed by atoms with Gasteiger partial charge in [-0.1, -0.05) is 6.42 Å². The molecule has 0 radical (unpaired) electrons. The molecule has 2 aromatic heterocycles. The zero-order chi connectivity index (χ0) is 13.7. The Balaban J connectivity index is 1.83. The summed E-state index contributed by atoms with van der Waals surface area (Å²) in [5, 5.41) is 16.8. The molecule has 0 bridgehead atoms. The topological polar surface area (TPSA) is 92.9 Å². The Labute approximate surface area is 110 Å². The number of nitrogens with one attached hydrogen (secondary N) is 1. The van der Waals surface area contributed by atoms with Crippen LogP contribution in [0.1, 0.15) is 25.7 Å². The molecule has 0 unspecified atom stereocenters. The molecule has 0 fully saturated rings. The van der Waals surface area contributed by atoms with Gasteiger partial charge in [0.1, 0.15) is 12.1 Å². The van der Waals surface area contributed by atoms with Gasteiger partial charge < -0.3 is 10.4 Å². The number of carboxylic acids is 1. The minimum Gasteiger partial charge on any atom is -0.481 e. The molecule has 19 heavy (non-hydrogen) atoms. The van der Waals surface area contributed by atoms with Crippen molar-refractivity contribution in [3.63, 3.8) is 0 Å². The first-order valence-electron chi connectivity index (χ1n) is 6.27. The maximum atomic E-state index is 10.4. The van der Waals surface area contributed by atoms with Crippen molar-refractivity contribution in [1.29, 1.82) is 0 Å². The maximum absolute atomic E-state index is 10.4. The second-order valence-electron chi connectivity index (χ2n) is 4.36. The quantitative estimate of drug-likeness (QED) is 0.734. The van der Waals surface area contributed by atoms with Crippen molar-refractivity contribution in [3.05, 3.63) is 12.5 Å². The molecule has 0 saturated heterocycles. The summed E-state index contributed by atoms with van der Waals surface area (Å²) >= 11 is 0. The molecule has 2 aromatic rings. The largest absolute Gasteiger partial charge is 0.481 e. The number of aryl methyl sites for hydroxylation is 1. The summed E-state index contributed by atoms with van der Waals surface area (Å²) in [5.41, 5.74) is 0.795. The number of anilines is 1. The minimum absolute atomic E-state index is 0.236. The van der Waals surface area contributed by atoms with Crippen LogP contribution in [0.4, 0.5) is 5.82 Å². The lowest BCUT2D eigenvalue weighted by Crippen LogP contribution is -2.05. The highest BCUT2D eigenvalue weighted by Gasteiger charge is 2.06. The van der Waals surface area contributed by atoms with Gasteiger partial charge in [0.05, 0.1) is 11.6 Å². The third-order valence-corrected chi connectivity index (χ3v) is 2.89. The van der Waals surface area contributed by atoms with Gasteiger partial charge in [0.2, 0.25) is 0 Å². The van der Waals surface area contributed by atoms with E-state index in [0.717, 1.165) is 36.2 Å². The second kappa shape index (κ2) is 6.12. The predicted molar refractivity (Wildman–Crippen MR) is 70.9 cm³/mol. The highest BCUT2D eigenvalue weighted by molar-refractivity contribution is 5.85. The molecule has 2 N–H and O–H groups in total. The molecular formula is C12H17N5O2. The smallest absolute Gasteiger partial charge is 0.303 e. The fraction of sp³-hybridized carbons (Fsp3) is 0.500. The molecule has 0 saturated carbocycles. The number of carboxylic acid groups (broad SMARTS) is 1. The average molecular weight is 263 g/mol. The van der Waals surface area contributed by atoms with Crippen LogP contribution in [0.15, 0.2) is 12.5 Å². The Hall–Kier alpha value is -2.18. The summed E-state index contributed by atoms with van der Waals surface area (Å²) in [6.45, 7) is 0.765. The standard InChI is InChI=1S/C12H17N5O2/c1-17-12-9(7-16-17)11(14-8-15-12)13-6-4-2-3-5-10(18)19/h7-8H,2-6H2,1H3,(H,18,19)(H,13,14,15). The molecule has 0 spiro atoms. The number of hydrogen-bond acceptors (Lipinski definition) is 5. The van der Waals surface area contributed by atoms with Gasteiger partial charge in [-0.3, -0.25) is 9.48 Å². The number of aromatic nitrogens is 4. The van der Waals surface area contributed by atoms with Gasteiger partial charge >= 0.3 is 5.97 Å². The van der Waals surface area contributed by atoms with E-state index in [0.29, 0.717) is 6.42 Å². The van der Waals surface area contributed by atoms with Crippen molar-refractivity contribution in [2.75, 3.05) is 11.9 Å². The molecule has 0 aromatic carbocycles. The first-order valence-corrected chi connectivity index (χ1v) is 6.27. The fourth-order valence-corrected chi connectivity index (χ4v) is 1.89. The van der Waals surface area contributed by atoms with Crippen LogP contribution < -0.4 is 5.32 Å². The monoisotopic (exact) mass is 263 g/mol. The molecule has 7 heteroatoms. The van der Waals surface area contributed by atoms with Crippen LogP contribution in [-0.4, -0.2) is 37.4 Å². The summed E-state index contributed by atoms with van der Waals surface area (Å²) < 4.78 is 1.70. The van der Waals surface area contributed by atoms with E-state index >= 15 is 0 Å². The Morgan fingerprint density at radius 1 is 1.37 bits per heavy atom. The summed E-state index contributed by atoms with van der Waals surface area (Å²) in [5.74, 6) is 0.0390. The first kappa shape index (κ1) is 13.3. The van der Waals surface area contributed by atoms with E-state index in [1.165, 1.54) is 6.33 Å². The van der Waals surface area contributed by atoms with Gasteiger partial charge in [0, 0.05) is 20.0 Å². The lowest BCUT2D eigenvalue weighted by molar-refractivity contribution is -0.137. The van der Waals surface area contributed by atoms with Crippen molar-refractivity contribution in [2.45, 2.75) is 25.7 Å². The second-order valence-corrected chi connectivity index (χ2v) is 4.36. The summed E-state index contributed by atoms with van der Waals surface area (Å²) in [4.78, 5) is 18.7. The number of aliphatic carboxylic acids is 1. The van der Waals surface area contributed by atoms with Gasteiger partial charge in [-0.05, 0) is 12.8 Å². The number of hydrogen-bond donors (Lipinski definition) is 2. The van der Waals surface area contributed by atoms with Gasteiger partial charge in [0.15, 0.2) is 5.65 Å². The maximum Gasteiger partial charge on any atom is 0.303 e. The van der Waals surface area contributed by atoms with Gasteiger partial charge in [-0.25, -0.2) is 9.97 Å². The highest BCUT2D eigenvalue weighted by atomic mass is 16.4. The number of unbranched alkanes of at least 4 members (excludes halogenated alkanes) is 2. The van der Waals surface area contributed by atoms with Crippen molar-refractivity contribution in [1.82, 2.24) is 19.7 Å². The lowest BCUT2D eigenvalue weighted by atomic mass is 10.2. The Bertz CT molecular complexity index is 566. The van der Waals surface area contributed by atoms with E-state index in [1.807, 2.05) is 7.05 Å². The molecule has 0 aliphatic carbocycles. The Morgan fingerprint density at radius 3 is 3.00 bits per heavy atom. The number of carbonyl (C=O) groups is 1. The molecule has 0 aliphatic heterocycles. The van der Waals surface area contributed by atoms with Gasteiger partial charge in [-0.2, -0.15) is 5.10 Å². The normalized spacial score (nSPS) is 10.8. The number of fused-ring (bicyclic) bond motifs is 1. The van der Waals surface area contributed by atoms with Crippen molar-refractivity contribution >= 4 is 22.8 Å². The third-order valence-electron chi connectivity index (χ3n) is 2.89. The number of nitrogens with zero attached hydrogens (tertiary/aromatic N) is 4. The van der Waals surface area contributed by atoms with E-state index in [1.54, 1.807) is 10.9 Å². The van der Waals surface area contributed by atoms with E-state index in [2.05, 4.69) is 20.4 Å². The predicted octanol–water partition coefficient (Wildman–Crippen LogP) is 1.42. The van der Waals surface area contributed by atoms with Crippen LogP contribution in [-0.2, 0) is 11.8 Å². The molecule has 0 amide bonds. The number of rotatable bonds is 7. The van der Waals surface area contributed by atoms with Gasteiger partial charge in [0.25, 0.3) is 0 Å². The van der Waals surface area contributed by atoms with Crippen LogP contribution >= 0.6 is 0 Å². The molecule has 7 nitrogen and oxygen atoms in total. The Morgan fingerprint density at radius 2 is 2.21 bits per heavy atom. The van der Waals surface area contributed by atoms with Crippen LogP contribution in [0.5, 0.6) is 0 Å². The molecule has 0 aliphatic rings. The average Bonchev–Trinajstić information content (AvgIpc) is 2.76. The summed E-state index contributed by atoms with van der Waals surface area (Å²) in [6, 6.07) is 0. The van der Waals surface area contributed by atoms with Crippen LogP contribution in [0.3, 0.4) is 0 Å². The molecule has 2 heterocycles. The summed E-state index contributed by atoms with van der Waals surface area (Å²) in [7, 11) is 1.84. The first-order chi connectivity index (χ1) is 9.18. The van der Waals surface area contributed by atoms with Crippen LogP contribution in [0, 0.1) is 0 Å².